The maximum atomic E-state index is 18.2. The number of carbonyl (C=O) groups excluding carboxylic acids is 2. The number of hydroxylamine groups is 2. The third-order valence-corrected chi connectivity index (χ3v) is 12.3. The van der Waals surface area contributed by atoms with Crippen LogP contribution < -0.4 is 5.06 Å². The number of esters is 1. The molecule has 5 aliphatic rings. The van der Waals surface area contributed by atoms with Crippen molar-refractivity contribution in [3.63, 3.8) is 0 Å². The zero-order valence-corrected chi connectivity index (χ0v) is 26.6. The van der Waals surface area contributed by atoms with Crippen LogP contribution in [0, 0.1) is 43.9 Å². The Morgan fingerprint density at radius 1 is 1.25 bits per heavy atom. The molecule has 0 aromatic rings. The molecular weight excluding hydrogens is 605 g/mol. The van der Waals surface area contributed by atoms with Gasteiger partial charge in [-0.2, -0.15) is 0 Å². The van der Waals surface area contributed by atoms with E-state index in [1.165, 1.54) is 13.0 Å². The van der Waals surface area contributed by atoms with Gasteiger partial charge in [0.1, 0.15) is 30.4 Å². The highest BCUT2D eigenvalue weighted by Crippen LogP contribution is 2.73. The van der Waals surface area contributed by atoms with E-state index in [1.54, 1.807) is 34.6 Å². The van der Waals surface area contributed by atoms with E-state index in [-0.39, 0.29) is 30.8 Å². The van der Waals surface area contributed by atoms with Gasteiger partial charge in [-0.05, 0) is 63.7 Å². The summed E-state index contributed by atoms with van der Waals surface area (Å²) in [5.41, 5.74) is -10.6. The molecule has 11 atom stereocenters. The topological polar surface area (TPSA) is 132 Å². The Morgan fingerprint density at radius 2 is 1.93 bits per heavy atom. The molecule has 44 heavy (non-hydrogen) atoms. The van der Waals surface area contributed by atoms with Crippen molar-refractivity contribution in [1.82, 2.24) is 0 Å². The van der Waals surface area contributed by atoms with Crippen LogP contribution in [0.2, 0.25) is 0 Å². The minimum atomic E-state index is -2.55. The van der Waals surface area contributed by atoms with Crippen LogP contribution in [0.1, 0.15) is 67.2 Å². The van der Waals surface area contributed by atoms with Crippen molar-refractivity contribution in [3.8, 4) is 0 Å². The minimum absolute atomic E-state index is 0.0551. The fourth-order valence-corrected chi connectivity index (χ4v) is 10.6. The Morgan fingerprint density at radius 3 is 2.50 bits per heavy atom. The Hall–Kier alpha value is -2.16. The number of nitrogens with one attached hydrogen (secondary N) is 1. The molecule has 4 aliphatic carbocycles. The molecule has 0 radical (unpaired) electrons. The van der Waals surface area contributed by atoms with Crippen LogP contribution >= 0.6 is 11.8 Å². The van der Waals surface area contributed by atoms with E-state index in [1.807, 2.05) is 0 Å². The lowest BCUT2D eigenvalue weighted by Crippen LogP contribution is -3.24. The highest BCUT2D eigenvalue weighted by molar-refractivity contribution is 7.99. The number of ketones is 1. The predicted molar refractivity (Wildman–Crippen MR) is 154 cm³/mol. The van der Waals surface area contributed by atoms with Crippen molar-refractivity contribution in [3.05, 3.63) is 39.1 Å². The molecule has 0 amide bonds. The second-order valence-corrected chi connectivity index (χ2v) is 15.1. The Balaban J connectivity index is 1.78. The summed E-state index contributed by atoms with van der Waals surface area (Å²) in [6.45, 7) is 9.74. The molecule has 1 saturated heterocycles. The number of alkyl halides is 3. The van der Waals surface area contributed by atoms with Gasteiger partial charge in [0, 0.05) is 29.1 Å². The van der Waals surface area contributed by atoms with Gasteiger partial charge in [0.05, 0.1) is 5.75 Å². The molecule has 1 N–H and O–H groups in total. The van der Waals surface area contributed by atoms with Gasteiger partial charge in [-0.1, -0.05) is 26.8 Å². The fourth-order valence-electron chi connectivity index (χ4n) is 9.77. The maximum Gasteiger partial charge on any atom is 0.306 e. The van der Waals surface area contributed by atoms with Gasteiger partial charge in [0.25, 0.3) is 10.8 Å². The Bertz CT molecular complexity index is 1300. The SMILES string of the molecule is CCC(=O)O[C@]1(C2(CSCF)OCC(C)(C)[NH+]2[O-])[C@H](C)CC2C3C[C@H](F)C4=CC(=O)C=C[C@]4(C)[C@@]3(F)[C@@H](O[N+](=O)[O-])C[C@@]21C. The number of halogens is 3. The van der Waals surface area contributed by atoms with Crippen LogP contribution in [-0.4, -0.2) is 70.0 Å². The molecule has 14 heteroatoms. The fraction of sp³-hybridized carbons (Fsp3) is 0.800. The molecule has 0 aromatic carbocycles. The molecule has 1 aliphatic heterocycles. The Kier molecular flexibility index (Phi) is 8.07. The second-order valence-electron chi connectivity index (χ2n) is 14.1. The second kappa shape index (κ2) is 10.7. The average molecular weight is 647 g/mol. The number of rotatable bonds is 8. The van der Waals surface area contributed by atoms with Gasteiger partial charge in [0.2, 0.25) is 5.60 Å². The number of thioether (sulfide) groups is 1. The molecule has 5 rings (SSSR count). The van der Waals surface area contributed by atoms with Crippen LogP contribution in [0.15, 0.2) is 23.8 Å². The van der Waals surface area contributed by atoms with Crippen molar-refractivity contribution < 1.29 is 47.2 Å². The number of allylic oxidation sites excluding steroid dienone is 4. The average Bonchev–Trinajstić information content (AvgIpc) is 3.32. The lowest BCUT2D eigenvalue weighted by molar-refractivity contribution is -0.957. The smallest absolute Gasteiger partial charge is 0.306 e. The van der Waals surface area contributed by atoms with E-state index in [2.05, 4.69) is 0 Å². The highest BCUT2D eigenvalue weighted by Gasteiger charge is 2.84. The van der Waals surface area contributed by atoms with Gasteiger partial charge in [-0.15, -0.1) is 21.9 Å². The standard InChI is InChI=1S/C30H41F3N2O8S/c1-7-24(37)42-30(28(15-44-16-31)34(38)25(3,4)14-41-28)17(2)10-19-20-12-22(32)21-11-18(36)8-9-26(21,5)29(20,33)23(43-35(39)40)13-27(19,30)6/h8-9,11,17,19-20,22-23,34H,7,10,12-16H2,1-6H3/t17-,19?,20?,22+,23+,26+,27+,28?,29+,30-/m1/s1. The summed E-state index contributed by atoms with van der Waals surface area (Å²) in [6, 6.07) is -0.865. The molecular formula is C30H41F3N2O8S. The summed E-state index contributed by atoms with van der Waals surface area (Å²) >= 11 is 0.791. The molecule has 3 saturated carbocycles. The van der Waals surface area contributed by atoms with Crippen LogP contribution in [0.5, 0.6) is 0 Å². The van der Waals surface area contributed by atoms with E-state index in [9.17, 15) is 29.3 Å². The van der Waals surface area contributed by atoms with Crippen LogP contribution in [-0.2, 0) is 23.9 Å². The predicted octanol–water partition coefficient (Wildman–Crippen LogP) is 4.01. The van der Waals surface area contributed by atoms with Gasteiger partial charge in [0.15, 0.2) is 11.5 Å². The summed E-state index contributed by atoms with van der Waals surface area (Å²) in [5.74, 6) is -4.07. The van der Waals surface area contributed by atoms with Crippen molar-refractivity contribution in [1.29, 1.82) is 0 Å². The number of carbonyl (C=O) groups is 2. The van der Waals surface area contributed by atoms with Gasteiger partial charge in [-0.25, -0.2) is 13.2 Å². The van der Waals surface area contributed by atoms with E-state index < -0.39 is 104 Å². The molecule has 10 nitrogen and oxygen atoms in total. The van der Waals surface area contributed by atoms with Crippen molar-refractivity contribution in [2.75, 3.05) is 18.4 Å². The van der Waals surface area contributed by atoms with Crippen LogP contribution in [0.3, 0.4) is 0 Å². The number of fused-ring (bicyclic) bond motifs is 5. The molecule has 0 bridgehead atoms. The summed E-state index contributed by atoms with van der Waals surface area (Å²) in [6.07, 6.45) is -0.802. The van der Waals surface area contributed by atoms with Crippen LogP contribution in [0.25, 0.3) is 0 Å². The van der Waals surface area contributed by atoms with Gasteiger partial charge >= 0.3 is 5.97 Å². The number of ether oxygens (including phenoxy) is 2. The van der Waals surface area contributed by atoms with Crippen molar-refractivity contribution in [2.45, 2.75) is 102 Å². The summed E-state index contributed by atoms with van der Waals surface area (Å²) in [7, 11) is 0. The van der Waals surface area contributed by atoms with E-state index in [0.717, 1.165) is 23.9 Å². The van der Waals surface area contributed by atoms with E-state index in [0.29, 0.717) is 0 Å². The lowest BCUT2D eigenvalue weighted by Gasteiger charge is -2.65. The first kappa shape index (κ1) is 33.2. The number of hydrogen-bond acceptors (Lipinski definition) is 9. The monoisotopic (exact) mass is 646 g/mol. The van der Waals surface area contributed by atoms with Gasteiger partial charge in [-0.3, -0.25) is 9.59 Å². The number of hydrogen-bond donors (Lipinski definition) is 1. The molecule has 4 unspecified atom stereocenters. The van der Waals surface area contributed by atoms with Crippen molar-refractivity contribution >= 4 is 23.5 Å². The van der Waals surface area contributed by atoms with Crippen LogP contribution in [0.4, 0.5) is 13.2 Å². The third kappa shape index (κ3) is 4.12. The van der Waals surface area contributed by atoms with E-state index >= 15 is 8.78 Å². The molecule has 0 aromatic heterocycles. The quantitative estimate of drug-likeness (QED) is 0.180. The van der Waals surface area contributed by atoms with Crippen molar-refractivity contribution in [2.24, 2.45) is 28.6 Å². The lowest BCUT2D eigenvalue weighted by atomic mass is 9.44. The number of quaternary nitrogens is 1. The zero-order chi connectivity index (χ0) is 32.7. The normalized spacial score (nSPS) is 47.3. The minimum Gasteiger partial charge on any atom is -0.632 e. The molecule has 0 spiro atoms. The molecule has 1 heterocycles. The number of nitrogens with zero attached hydrogens (tertiary/aromatic N) is 1. The summed E-state index contributed by atoms with van der Waals surface area (Å²) < 4.78 is 60.9. The third-order valence-electron chi connectivity index (χ3n) is 11.6. The maximum absolute atomic E-state index is 18.2. The first-order valence-electron chi connectivity index (χ1n) is 15.1. The van der Waals surface area contributed by atoms with Gasteiger partial charge < -0.3 is 24.6 Å². The van der Waals surface area contributed by atoms with E-state index in [4.69, 9.17) is 14.3 Å². The molecule has 4 fully saturated rings. The summed E-state index contributed by atoms with van der Waals surface area (Å²) in [5, 5.41) is 24.9. The largest absolute Gasteiger partial charge is 0.632 e. The summed E-state index contributed by atoms with van der Waals surface area (Å²) in [4.78, 5) is 42.7. The molecule has 246 valence electrons. The first-order chi connectivity index (χ1) is 20.4. The zero-order valence-electron chi connectivity index (χ0n) is 25.8. The first-order valence-corrected chi connectivity index (χ1v) is 16.2. The highest BCUT2D eigenvalue weighted by atomic mass is 32.2. The Labute approximate surface area is 258 Å².